The van der Waals surface area contributed by atoms with Gasteiger partial charge in [0.25, 0.3) is 0 Å². The van der Waals surface area contributed by atoms with Crippen LogP contribution in [0.5, 0.6) is 5.75 Å². The van der Waals surface area contributed by atoms with E-state index in [1.54, 1.807) is 37.6 Å². The minimum Gasteiger partial charge on any atom is -0.508 e. The molecule has 5 aromatic heterocycles. The van der Waals surface area contributed by atoms with Crippen LogP contribution in [0.25, 0.3) is 56.1 Å². The number of halogens is 1. The molecule has 6 aromatic rings. The summed E-state index contributed by atoms with van der Waals surface area (Å²) in [5, 5.41) is 20.0. The van der Waals surface area contributed by atoms with Crippen molar-refractivity contribution in [1.82, 2.24) is 35.1 Å². The zero-order valence-electron chi connectivity index (χ0n) is 19.5. The monoisotopic (exact) mass is 494 g/mol. The number of benzene rings is 1. The van der Waals surface area contributed by atoms with Gasteiger partial charge in [0.05, 0.1) is 23.1 Å². The Morgan fingerprint density at radius 1 is 1.05 bits per heavy atom. The Morgan fingerprint density at radius 3 is 2.78 bits per heavy atom. The largest absolute Gasteiger partial charge is 0.508 e. The number of aromatic amines is 2. The maximum Gasteiger partial charge on any atom is 0.224 e. The van der Waals surface area contributed by atoms with E-state index in [1.165, 1.54) is 12.1 Å². The lowest BCUT2D eigenvalue weighted by Gasteiger charge is -2.06. The van der Waals surface area contributed by atoms with Crippen LogP contribution >= 0.6 is 0 Å². The second-order valence-electron chi connectivity index (χ2n) is 8.37. The molecular formula is C26H19FN8O2. The smallest absolute Gasteiger partial charge is 0.224 e. The van der Waals surface area contributed by atoms with E-state index < -0.39 is 5.82 Å². The molecule has 182 valence electrons. The van der Waals surface area contributed by atoms with E-state index >= 15 is 0 Å². The predicted octanol–water partition coefficient (Wildman–Crippen LogP) is 4.82. The van der Waals surface area contributed by atoms with Crippen molar-refractivity contribution in [3.05, 3.63) is 66.9 Å². The van der Waals surface area contributed by atoms with Crippen LogP contribution in [0.15, 0.2) is 61.1 Å². The molecule has 0 fully saturated rings. The van der Waals surface area contributed by atoms with Crippen LogP contribution in [0.4, 0.5) is 10.1 Å². The molecule has 0 aliphatic carbocycles. The van der Waals surface area contributed by atoms with Crippen molar-refractivity contribution < 1.29 is 14.3 Å². The third kappa shape index (κ3) is 4.12. The lowest BCUT2D eigenvalue weighted by molar-refractivity contribution is -0.115. The number of anilines is 1. The van der Waals surface area contributed by atoms with E-state index in [0.29, 0.717) is 62.6 Å². The maximum absolute atomic E-state index is 13.9. The Balaban J connectivity index is 1.43. The number of aromatic nitrogens is 7. The third-order valence-corrected chi connectivity index (χ3v) is 5.85. The van der Waals surface area contributed by atoms with Gasteiger partial charge in [-0.05, 0) is 42.0 Å². The summed E-state index contributed by atoms with van der Waals surface area (Å²) in [6, 6.07) is 11.0. The predicted molar refractivity (Wildman–Crippen MR) is 136 cm³/mol. The number of nitrogens with one attached hydrogen (secondary N) is 3. The Hall–Kier alpha value is -5.19. The second kappa shape index (κ2) is 8.79. The molecule has 0 atom stereocenters. The Labute approximate surface area is 208 Å². The van der Waals surface area contributed by atoms with E-state index in [0.717, 1.165) is 11.6 Å². The van der Waals surface area contributed by atoms with Gasteiger partial charge in [-0.15, -0.1) is 0 Å². The number of imidazole rings is 1. The molecule has 5 heterocycles. The van der Waals surface area contributed by atoms with Crippen LogP contribution in [0, 0.1) is 5.82 Å². The maximum atomic E-state index is 13.9. The summed E-state index contributed by atoms with van der Waals surface area (Å²) in [7, 11) is 0. The summed E-state index contributed by atoms with van der Waals surface area (Å²) in [4.78, 5) is 33.0. The van der Waals surface area contributed by atoms with Crippen molar-refractivity contribution in [2.24, 2.45) is 0 Å². The van der Waals surface area contributed by atoms with Gasteiger partial charge in [0.1, 0.15) is 22.6 Å². The summed E-state index contributed by atoms with van der Waals surface area (Å²) in [5.74, 6) is -0.420. The molecule has 0 radical (unpaired) electrons. The normalized spacial score (nSPS) is 11.3. The summed E-state index contributed by atoms with van der Waals surface area (Å²) in [5.41, 5.74) is 5.75. The summed E-state index contributed by atoms with van der Waals surface area (Å²) in [6.45, 7) is 1.78. The Bertz CT molecular complexity index is 1790. The second-order valence-corrected chi connectivity index (χ2v) is 8.37. The summed E-state index contributed by atoms with van der Waals surface area (Å²) < 4.78 is 13.9. The van der Waals surface area contributed by atoms with Gasteiger partial charge in [-0.3, -0.25) is 14.9 Å². The fourth-order valence-electron chi connectivity index (χ4n) is 4.11. The molecule has 0 saturated carbocycles. The number of aromatic hydroxyl groups is 1. The number of phenols is 1. The fraction of sp³-hybridized carbons (Fsp3) is 0.0769. The van der Waals surface area contributed by atoms with Crippen molar-refractivity contribution >= 4 is 33.8 Å². The number of phenolic OH excluding ortho intramolecular Hbond substituents is 1. The molecule has 1 amide bonds. The zero-order chi connectivity index (χ0) is 25.5. The molecule has 0 bridgehead atoms. The van der Waals surface area contributed by atoms with Gasteiger partial charge in [0.2, 0.25) is 5.91 Å². The fourth-order valence-corrected chi connectivity index (χ4v) is 4.11. The zero-order valence-corrected chi connectivity index (χ0v) is 19.5. The number of carbonyl (C=O) groups is 1. The molecule has 0 saturated heterocycles. The van der Waals surface area contributed by atoms with Crippen molar-refractivity contribution in [2.75, 3.05) is 5.32 Å². The van der Waals surface area contributed by atoms with Gasteiger partial charge in [-0.25, -0.2) is 19.3 Å². The highest BCUT2D eigenvalue weighted by atomic mass is 19.1. The molecule has 4 N–H and O–H groups in total. The van der Waals surface area contributed by atoms with Crippen LogP contribution in [-0.4, -0.2) is 46.1 Å². The van der Waals surface area contributed by atoms with Crippen LogP contribution < -0.4 is 5.32 Å². The first kappa shape index (κ1) is 22.3. The lowest BCUT2D eigenvalue weighted by atomic mass is 10.1. The first-order valence-corrected chi connectivity index (χ1v) is 11.4. The molecule has 0 unspecified atom stereocenters. The van der Waals surface area contributed by atoms with Crippen molar-refractivity contribution in [1.29, 1.82) is 0 Å². The number of nitrogens with zero attached hydrogens (tertiary/aromatic N) is 5. The number of carbonyl (C=O) groups excluding carboxylic acids is 1. The van der Waals surface area contributed by atoms with Gasteiger partial charge in [0.15, 0.2) is 17.2 Å². The highest BCUT2D eigenvalue weighted by Gasteiger charge is 2.18. The van der Waals surface area contributed by atoms with E-state index in [4.69, 9.17) is 9.97 Å². The van der Waals surface area contributed by atoms with Crippen LogP contribution in [0.3, 0.4) is 0 Å². The Morgan fingerprint density at radius 2 is 1.95 bits per heavy atom. The van der Waals surface area contributed by atoms with Gasteiger partial charge in [0, 0.05) is 36.0 Å². The van der Waals surface area contributed by atoms with Gasteiger partial charge < -0.3 is 15.4 Å². The molecule has 1 aromatic carbocycles. The topological polar surface area (TPSA) is 145 Å². The third-order valence-electron chi connectivity index (χ3n) is 5.85. The number of hydrogen-bond acceptors (Lipinski definition) is 7. The van der Waals surface area contributed by atoms with E-state index in [-0.39, 0.29) is 11.7 Å². The standard InChI is InChI=1S/C26H19FN8O2/c1-2-21(37)30-16-8-14(11-28-12-16)19-3-4-20-23(31-19)24(35-34-20)26-32-22-18(5-6-29-25(22)33-26)13-7-15(27)10-17(36)9-13/h3-12,36H,2H2,1H3,(H,30,37)(H,34,35)(H,29,32,33). The van der Waals surface area contributed by atoms with E-state index in [9.17, 15) is 14.3 Å². The average molecular weight is 494 g/mol. The molecule has 0 aliphatic heterocycles. The molecule has 11 heteroatoms. The minimum absolute atomic E-state index is 0.106. The van der Waals surface area contributed by atoms with Gasteiger partial charge >= 0.3 is 0 Å². The highest BCUT2D eigenvalue weighted by molar-refractivity contribution is 5.95. The van der Waals surface area contributed by atoms with E-state index in [1.807, 2.05) is 12.1 Å². The van der Waals surface area contributed by atoms with Crippen LogP contribution in [0.1, 0.15) is 13.3 Å². The summed E-state index contributed by atoms with van der Waals surface area (Å²) in [6.07, 6.45) is 5.19. The quantitative estimate of drug-likeness (QED) is 0.269. The highest BCUT2D eigenvalue weighted by Crippen LogP contribution is 2.32. The van der Waals surface area contributed by atoms with Crippen LogP contribution in [0.2, 0.25) is 0 Å². The van der Waals surface area contributed by atoms with E-state index in [2.05, 4.69) is 30.5 Å². The van der Waals surface area contributed by atoms with Crippen molar-refractivity contribution in [3.63, 3.8) is 0 Å². The first-order chi connectivity index (χ1) is 18.0. The average Bonchev–Trinajstić information content (AvgIpc) is 3.51. The molecule has 10 nitrogen and oxygen atoms in total. The Kier molecular flexibility index (Phi) is 5.29. The lowest BCUT2D eigenvalue weighted by Crippen LogP contribution is -2.09. The number of rotatable bonds is 5. The van der Waals surface area contributed by atoms with Gasteiger partial charge in [-0.2, -0.15) is 5.10 Å². The number of H-pyrrole nitrogens is 2. The summed E-state index contributed by atoms with van der Waals surface area (Å²) >= 11 is 0. The molecule has 0 aliphatic rings. The van der Waals surface area contributed by atoms with Crippen LogP contribution in [-0.2, 0) is 4.79 Å². The molecule has 6 rings (SSSR count). The first-order valence-electron chi connectivity index (χ1n) is 11.4. The number of fused-ring (bicyclic) bond motifs is 2. The number of pyridine rings is 3. The van der Waals surface area contributed by atoms with Crippen molar-refractivity contribution in [2.45, 2.75) is 13.3 Å². The molecule has 0 spiro atoms. The van der Waals surface area contributed by atoms with Gasteiger partial charge in [-0.1, -0.05) is 6.92 Å². The molecule has 37 heavy (non-hydrogen) atoms. The number of amides is 1. The molecular weight excluding hydrogens is 475 g/mol. The number of hydrogen-bond donors (Lipinski definition) is 4. The SMILES string of the molecule is CCC(=O)Nc1cncc(-c2ccc3[nH]nc(-c4nc5c(-c6cc(O)cc(F)c6)ccnc5[nH]4)c3n2)c1. The minimum atomic E-state index is -0.557. The van der Waals surface area contributed by atoms with Crippen molar-refractivity contribution in [3.8, 4) is 39.7 Å².